The van der Waals surface area contributed by atoms with E-state index in [4.69, 9.17) is 5.73 Å². The number of nitrogens with zero attached hydrogens (tertiary/aromatic N) is 1. The number of piperidine rings is 1. The number of rotatable bonds is 3. The van der Waals surface area contributed by atoms with Crippen molar-refractivity contribution in [1.29, 1.82) is 0 Å². The fourth-order valence-corrected chi connectivity index (χ4v) is 2.97. The van der Waals surface area contributed by atoms with Gasteiger partial charge in [-0.1, -0.05) is 6.07 Å². The molecule has 6 nitrogen and oxygen atoms in total. The third-order valence-corrected chi connectivity index (χ3v) is 4.35. The van der Waals surface area contributed by atoms with Gasteiger partial charge in [-0.15, -0.1) is 0 Å². The molecule has 0 bridgehead atoms. The van der Waals surface area contributed by atoms with Gasteiger partial charge < -0.3 is 21.3 Å². The van der Waals surface area contributed by atoms with Crippen LogP contribution in [0, 0.1) is 5.82 Å². The first-order valence-electron chi connectivity index (χ1n) is 8.49. The Hall–Kier alpha value is -3.09. The Kier molecular flexibility index (Phi) is 5.36. The lowest BCUT2D eigenvalue weighted by molar-refractivity contribution is 0.0709. The van der Waals surface area contributed by atoms with E-state index in [1.807, 2.05) is 0 Å². The smallest absolute Gasteiger partial charge is 0.319 e. The first kappa shape index (κ1) is 17.7. The number of hydrogen-bond acceptors (Lipinski definition) is 3. The maximum atomic E-state index is 12.9. The van der Waals surface area contributed by atoms with E-state index in [-0.39, 0.29) is 23.8 Å². The summed E-state index contributed by atoms with van der Waals surface area (Å²) in [5, 5.41) is 5.56. The largest absolute Gasteiger partial charge is 0.399 e. The summed E-state index contributed by atoms with van der Waals surface area (Å²) in [5.74, 6) is -0.403. The molecule has 0 radical (unpaired) electrons. The molecule has 136 valence electrons. The van der Waals surface area contributed by atoms with E-state index >= 15 is 0 Å². The maximum Gasteiger partial charge on any atom is 0.319 e. The quantitative estimate of drug-likeness (QED) is 0.739. The van der Waals surface area contributed by atoms with Crippen LogP contribution < -0.4 is 16.4 Å². The molecule has 0 spiro atoms. The van der Waals surface area contributed by atoms with Gasteiger partial charge in [-0.25, -0.2) is 9.18 Å². The van der Waals surface area contributed by atoms with Gasteiger partial charge in [-0.2, -0.15) is 0 Å². The van der Waals surface area contributed by atoms with Crippen LogP contribution in [-0.4, -0.2) is 36.0 Å². The Morgan fingerprint density at radius 1 is 1.08 bits per heavy atom. The average Bonchev–Trinajstić information content (AvgIpc) is 2.64. The first-order valence-corrected chi connectivity index (χ1v) is 8.49. The first-order chi connectivity index (χ1) is 12.5. The van der Waals surface area contributed by atoms with Gasteiger partial charge in [0.15, 0.2) is 0 Å². The van der Waals surface area contributed by atoms with Crippen LogP contribution in [0.4, 0.5) is 20.6 Å². The summed E-state index contributed by atoms with van der Waals surface area (Å²) in [5.41, 5.74) is 7.39. The predicted molar refractivity (Wildman–Crippen MR) is 98.3 cm³/mol. The van der Waals surface area contributed by atoms with Crippen LogP contribution in [0.3, 0.4) is 0 Å². The average molecular weight is 356 g/mol. The molecule has 3 amide bonds. The lowest BCUT2D eigenvalue weighted by Gasteiger charge is -2.32. The minimum atomic E-state index is -0.354. The Morgan fingerprint density at radius 3 is 2.42 bits per heavy atom. The Bertz CT molecular complexity index is 786. The van der Waals surface area contributed by atoms with Crippen LogP contribution >= 0.6 is 0 Å². The number of nitrogen functional groups attached to an aromatic ring is 1. The Labute approximate surface area is 151 Å². The van der Waals surface area contributed by atoms with Gasteiger partial charge in [-0.3, -0.25) is 4.79 Å². The third kappa shape index (κ3) is 4.50. The predicted octanol–water partition coefficient (Wildman–Crippen LogP) is 2.83. The highest BCUT2D eigenvalue weighted by Crippen LogP contribution is 2.16. The molecule has 0 aromatic heterocycles. The molecule has 0 saturated carbocycles. The second-order valence-electron chi connectivity index (χ2n) is 6.30. The van der Waals surface area contributed by atoms with Crippen molar-refractivity contribution < 1.29 is 14.0 Å². The number of carbonyl (C=O) groups excluding carboxylic acids is 2. The number of halogens is 1. The number of anilines is 2. The second-order valence-corrected chi connectivity index (χ2v) is 6.30. The van der Waals surface area contributed by atoms with Crippen molar-refractivity contribution >= 4 is 23.3 Å². The van der Waals surface area contributed by atoms with E-state index in [0.29, 0.717) is 42.9 Å². The summed E-state index contributed by atoms with van der Waals surface area (Å²) in [4.78, 5) is 26.3. The molecule has 2 aromatic rings. The fourth-order valence-electron chi connectivity index (χ4n) is 2.97. The molecule has 1 aliphatic rings. The number of hydrogen-bond donors (Lipinski definition) is 3. The number of likely N-dealkylation sites (tertiary alicyclic amines) is 1. The minimum Gasteiger partial charge on any atom is -0.399 e. The summed E-state index contributed by atoms with van der Waals surface area (Å²) >= 11 is 0. The van der Waals surface area contributed by atoms with E-state index in [0.717, 1.165) is 0 Å². The topological polar surface area (TPSA) is 87.5 Å². The molecule has 1 heterocycles. The highest BCUT2D eigenvalue weighted by atomic mass is 19.1. The minimum absolute atomic E-state index is 0.0136. The van der Waals surface area contributed by atoms with Crippen LogP contribution in [0.2, 0.25) is 0 Å². The van der Waals surface area contributed by atoms with Crippen LogP contribution in [0.25, 0.3) is 0 Å². The van der Waals surface area contributed by atoms with E-state index in [1.54, 1.807) is 29.2 Å². The van der Waals surface area contributed by atoms with Crippen molar-refractivity contribution in [3.63, 3.8) is 0 Å². The SMILES string of the molecule is Nc1cccc(C(=O)N2CCC(NC(=O)Nc3ccc(F)cc3)CC2)c1. The van der Waals surface area contributed by atoms with Gasteiger partial charge >= 0.3 is 6.03 Å². The van der Waals surface area contributed by atoms with Gasteiger partial charge in [0.05, 0.1) is 0 Å². The zero-order valence-corrected chi connectivity index (χ0v) is 14.2. The Balaban J connectivity index is 1.48. The number of benzene rings is 2. The second kappa shape index (κ2) is 7.86. The molecular weight excluding hydrogens is 335 g/mol. The van der Waals surface area contributed by atoms with Crippen LogP contribution in [0.15, 0.2) is 48.5 Å². The van der Waals surface area contributed by atoms with Crippen molar-refractivity contribution in [3.8, 4) is 0 Å². The monoisotopic (exact) mass is 356 g/mol. The third-order valence-electron chi connectivity index (χ3n) is 4.35. The van der Waals surface area contributed by atoms with Gasteiger partial charge in [0.1, 0.15) is 5.82 Å². The molecule has 26 heavy (non-hydrogen) atoms. The highest BCUT2D eigenvalue weighted by Gasteiger charge is 2.24. The molecule has 4 N–H and O–H groups in total. The zero-order chi connectivity index (χ0) is 18.5. The fraction of sp³-hybridized carbons (Fsp3) is 0.263. The molecule has 0 aliphatic carbocycles. The standard InChI is InChI=1S/C19H21FN4O2/c20-14-4-6-16(7-5-14)22-19(26)23-17-8-10-24(11-9-17)18(25)13-2-1-3-15(21)12-13/h1-7,12,17H,8-11,21H2,(H2,22,23,26). The number of nitrogens with one attached hydrogen (secondary N) is 2. The highest BCUT2D eigenvalue weighted by molar-refractivity contribution is 5.95. The summed E-state index contributed by atoms with van der Waals surface area (Å²) in [6.45, 7) is 1.13. The van der Waals surface area contributed by atoms with Crippen LogP contribution in [-0.2, 0) is 0 Å². The molecule has 1 saturated heterocycles. The molecule has 1 fully saturated rings. The summed E-state index contributed by atoms with van der Waals surface area (Å²) in [6.07, 6.45) is 1.34. The van der Waals surface area contributed by atoms with Gasteiger partial charge in [0.25, 0.3) is 5.91 Å². The molecule has 3 rings (SSSR count). The lowest BCUT2D eigenvalue weighted by atomic mass is 10.0. The number of amides is 3. The Morgan fingerprint density at radius 2 is 1.77 bits per heavy atom. The van der Waals surface area contributed by atoms with Crippen molar-refractivity contribution in [2.24, 2.45) is 0 Å². The van der Waals surface area contributed by atoms with Gasteiger partial charge in [0.2, 0.25) is 0 Å². The number of urea groups is 1. The molecular formula is C19H21FN4O2. The molecule has 1 aliphatic heterocycles. The van der Waals surface area contributed by atoms with Crippen molar-refractivity contribution in [2.75, 3.05) is 24.1 Å². The van der Waals surface area contributed by atoms with Crippen LogP contribution in [0.5, 0.6) is 0 Å². The van der Waals surface area contributed by atoms with E-state index in [1.165, 1.54) is 24.3 Å². The summed E-state index contributed by atoms with van der Waals surface area (Å²) < 4.78 is 12.9. The molecule has 2 aromatic carbocycles. The van der Waals surface area contributed by atoms with Crippen LogP contribution in [0.1, 0.15) is 23.2 Å². The molecule has 0 unspecified atom stereocenters. The number of carbonyl (C=O) groups is 2. The summed E-state index contributed by atoms with van der Waals surface area (Å²) in [6, 6.07) is 12.2. The zero-order valence-electron chi connectivity index (χ0n) is 14.2. The maximum absolute atomic E-state index is 12.9. The van der Waals surface area contributed by atoms with E-state index < -0.39 is 0 Å². The van der Waals surface area contributed by atoms with Gasteiger partial charge in [-0.05, 0) is 55.3 Å². The summed E-state index contributed by atoms with van der Waals surface area (Å²) in [7, 11) is 0. The molecule has 7 heteroatoms. The lowest BCUT2D eigenvalue weighted by Crippen LogP contribution is -2.47. The molecule has 0 atom stereocenters. The van der Waals surface area contributed by atoms with E-state index in [9.17, 15) is 14.0 Å². The van der Waals surface area contributed by atoms with Crippen molar-refractivity contribution in [2.45, 2.75) is 18.9 Å². The van der Waals surface area contributed by atoms with Crippen molar-refractivity contribution in [1.82, 2.24) is 10.2 Å². The van der Waals surface area contributed by atoms with Crippen molar-refractivity contribution in [3.05, 3.63) is 59.9 Å². The number of nitrogens with two attached hydrogens (primary N) is 1. The van der Waals surface area contributed by atoms with Gasteiger partial charge in [0, 0.05) is 36.1 Å². The van der Waals surface area contributed by atoms with E-state index in [2.05, 4.69) is 10.6 Å². The normalized spacial score (nSPS) is 14.7.